The molecule has 0 amide bonds. The first kappa shape index (κ1) is 32.6. The van der Waals surface area contributed by atoms with Crippen LogP contribution in [-0.4, -0.2) is 59.5 Å². The Hall–Kier alpha value is -2.42. The summed E-state index contributed by atoms with van der Waals surface area (Å²) < 4.78 is 16.3. The predicted molar refractivity (Wildman–Crippen MR) is 137 cm³/mol. The summed E-state index contributed by atoms with van der Waals surface area (Å²) in [6.07, 6.45) is 1.68. The topological polar surface area (TPSA) is 136 Å². The molecule has 5 atom stereocenters. The molecule has 9 heteroatoms. The van der Waals surface area contributed by atoms with Gasteiger partial charge in [0.25, 0.3) is 0 Å². The number of ether oxygens (including phenoxy) is 3. The summed E-state index contributed by atoms with van der Waals surface area (Å²) in [4.78, 5) is 49.6. The molecular weight excluding hydrogens is 480 g/mol. The van der Waals surface area contributed by atoms with E-state index in [9.17, 15) is 29.4 Å². The minimum absolute atomic E-state index is 0.0388. The van der Waals surface area contributed by atoms with Gasteiger partial charge in [-0.3, -0.25) is 14.4 Å². The first-order valence-corrected chi connectivity index (χ1v) is 13.3. The zero-order valence-corrected chi connectivity index (χ0v) is 23.3. The number of unbranched alkanes of at least 4 members (excludes halogenated alkanes) is 1. The van der Waals surface area contributed by atoms with Crippen molar-refractivity contribution in [3.63, 3.8) is 0 Å². The van der Waals surface area contributed by atoms with Gasteiger partial charge < -0.3 is 24.4 Å². The van der Waals surface area contributed by atoms with E-state index in [-0.39, 0.29) is 32.0 Å². The largest absolute Gasteiger partial charge is 0.481 e. The van der Waals surface area contributed by atoms with E-state index in [1.807, 2.05) is 6.92 Å². The molecule has 0 aromatic heterocycles. The lowest BCUT2D eigenvalue weighted by atomic mass is 9.73. The van der Waals surface area contributed by atoms with Crippen LogP contribution in [0.1, 0.15) is 92.9 Å². The van der Waals surface area contributed by atoms with Gasteiger partial charge in [-0.25, -0.2) is 4.79 Å². The van der Waals surface area contributed by atoms with E-state index in [1.54, 1.807) is 34.6 Å². The van der Waals surface area contributed by atoms with Crippen molar-refractivity contribution in [3.05, 3.63) is 12.2 Å². The molecule has 1 saturated carbocycles. The van der Waals surface area contributed by atoms with Crippen LogP contribution >= 0.6 is 0 Å². The molecule has 37 heavy (non-hydrogen) atoms. The van der Waals surface area contributed by atoms with Crippen molar-refractivity contribution >= 4 is 23.9 Å². The number of rotatable bonds is 15. The Balaban J connectivity index is 2.85. The standard InChI is InChI=1S/C28H46O9/c1-8-10-13-35-24(31)20(16-28(7,9-2)25(32)33)15-27(5,6)26(34)37-22-12-11-19(14-21(22)29)17-36-23(30)18(3)4/h19-22,29H,3,8-17H2,1-2,4-7H3,(H,32,33). The molecule has 0 aromatic carbocycles. The number of carboxylic acids is 1. The highest BCUT2D eigenvalue weighted by Crippen LogP contribution is 2.38. The number of carboxylic acid groups (broad SMARTS) is 1. The predicted octanol–water partition coefficient (Wildman–Crippen LogP) is 4.45. The number of carbonyl (C=O) groups excluding carboxylic acids is 3. The smallest absolute Gasteiger partial charge is 0.333 e. The van der Waals surface area contributed by atoms with Gasteiger partial charge in [-0.15, -0.1) is 0 Å². The van der Waals surface area contributed by atoms with Gasteiger partial charge in [0.15, 0.2) is 0 Å². The zero-order valence-electron chi connectivity index (χ0n) is 23.3. The first-order chi connectivity index (χ1) is 17.2. The summed E-state index contributed by atoms with van der Waals surface area (Å²) in [7, 11) is 0. The number of esters is 3. The van der Waals surface area contributed by atoms with Crippen LogP contribution in [0.15, 0.2) is 12.2 Å². The maximum Gasteiger partial charge on any atom is 0.333 e. The van der Waals surface area contributed by atoms with Gasteiger partial charge in [0.1, 0.15) is 6.10 Å². The van der Waals surface area contributed by atoms with Crippen LogP contribution in [0.2, 0.25) is 0 Å². The van der Waals surface area contributed by atoms with Crippen molar-refractivity contribution in [2.75, 3.05) is 13.2 Å². The second-order valence-electron chi connectivity index (χ2n) is 11.3. The Morgan fingerprint density at radius 1 is 1.05 bits per heavy atom. The molecule has 2 N–H and O–H groups in total. The molecule has 212 valence electrons. The second kappa shape index (κ2) is 14.5. The van der Waals surface area contributed by atoms with Crippen molar-refractivity contribution in [3.8, 4) is 0 Å². The maximum atomic E-state index is 13.2. The van der Waals surface area contributed by atoms with Crippen molar-refractivity contribution in [1.29, 1.82) is 0 Å². The molecule has 1 fully saturated rings. The number of aliphatic carboxylic acids is 1. The number of aliphatic hydroxyl groups is 1. The molecule has 1 rings (SSSR count). The lowest BCUT2D eigenvalue weighted by molar-refractivity contribution is -0.172. The second-order valence-corrected chi connectivity index (χ2v) is 11.3. The number of hydrogen-bond acceptors (Lipinski definition) is 8. The van der Waals surface area contributed by atoms with Crippen molar-refractivity contribution in [2.24, 2.45) is 22.7 Å². The molecule has 0 heterocycles. The van der Waals surface area contributed by atoms with E-state index in [2.05, 4.69) is 6.58 Å². The Labute approximate surface area is 220 Å². The van der Waals surface area contributed by atoms with E-state index in [1.165, 1.54) is 0 Å². The monoisotopic (exact) mass is 526 g/mol. The average Bonchev–Trinajstić information content (AvgIpc) is 2.83. The number of carbonyl (C=O) groups is 4. The number of hydrogen-bond donors (Lipinski definition) is 2. The lowest BCUT2D eigenvalue weighted by Crippen LogP contribution is -2.42. The minimum Gasteiger partial charge on any atom is -0.481 e. The third-order valence-corrected chi connectivity index (χ3v) is 7.30. The first-order valence-electron chi connectivity index (χ1n) is 13.3. The fourth-order valence-corrected chi connectivity index (χ4v) is 4.41. The molecule has 0 bridgehead atoms. The van der Waals surface area contributed by atoms with Crippen LogP contribution in [0.4, 0.5) is 0 Å². The van der Waals surface area contributed by atoms with E-state index < -0.39 is 52.8 Å². The quantitative estimate of drug-likeness (QED) is 0.137. The molecule has 9 nitrogen and oxygen atoms in total. The average molecular weight is 527 g/mol. The molecule has 0 spiro atoms. The van der Waals surface area contributed by atoms with Crippen LogP contribution in [0.25, 0.3) is 0 Å². The summed E-state index contributed by atoms with van der Waals surface area (Å²) in [5.41, 5.74) is -1.95. The molecular formula is C28H46O9. The van der Waals surface area contributed by atoms with Crippen LogP contribution in [0, 0.1) is 22.7 Å². The Kier molecular flexibility index (Phi) is 12.8. The minimum atomic E-state index is -1.14. The summed E-state index contributed by atoms with van der Waals surface area (Å²) in [5, 5.41) is 20.3. The van der Waals surface area contributed by atoms with Crippen molar-refractivity contribution in [2.45, 2.75) is 105 Å². The molecule has 0 aromatic rings. The number of aliphatic hydroxyl groups excluding tert-OH is 1. The lowest BCUT2D eigenvalue weighted by Gasteiger charge is -2.36. The molecule has 1 aliphatic rings. The normalized spacial score (nSPS) is 22.3. The van der Waals surface area contributed by atoms with Gasteiger partial charge >= 0.3 is 23.9 Å². The van der Waals surface area contributed by atoms with Gasteiger partial charge in [0.2, 0.25) is 0 Å². The van der Waals surface area contributed by atoms with Gasteiger partial charge in [0, 0.05) is 5.57 Å². The van der Waals surface area contributed by atoms with Crippen LogP contribution in [0.5, 0.6) is 0 Å². The summed E-state index contributed by atoms with van der Waals surface area (Å²) in [5.74, 6) is -3.41. The molecule has 0 aliphatic heterocycles. The zero-order chi connectivity index (χ0) is 28.4. The highest BCUT2D eigenvalue weighted by Gasteiger charge is 2.43. The van der Waals surface area contributed by atoms with Gasteiger partial charge in [-0.1, -0.05) is 26.8 Å². The van der Waals surface area contributed by atoms with E-state index >= 15 is 0 Å². The third-order valence-electron chi connectivity index (χ3n) is 7.30. The summed E-state index contributed by atoms with van der Waals surface area (Å²) in [6, 6.07) is 0. The maximum absolute atomic E-state index is 13.2. The van der Waals surface area contributed by atoms with E-state index in [4.69, 9.17) is 14.2 Å². The highest BCUT2D eigenvalue weighted by atomic mass is 16.6. The van der Waals surface area contributed by atoms with E-state index in [0.717, 1.165) is 6.42 Å². The van der Waals surface area contributed by atoms with Crippen molar-refractivity contribution < 1.29 is 43.6 Å². The van der Waals surface area contributed by atoms with Crippen LogP contribution in [-0.2, 0) is 33.4 Å². The fourth-order valence-electron chi connectivity index (χ4n) is 4.41. The van der Waals surface area contributed by atoms with Gasteiger partial charge in [-0.2, -0.15) is 0 Å². The Bertz CT molecular complexity index is 818. The summed E-state index contributed by atoms with van der Waals surface area (Å²) >= 11 is 0. The molecule has 5 unspecified atom stereocenters. The van der Waals surface area contributed by atoms with E-state index in [0.29, 0.717) is 37.7 Å². The molecule has 0 radical (unpaired) electrons. The van der Waals surface area contributed by atoms with Crippen LogP contribution < -0.4 is 0 Å². The SMILES string of the molecule is C=C(C)C(=O)OCC1CCC(OC(=O)C(C)(C)CC(CC(C)(CC)C(=O)O)C(=O)OCCCC)C(O)C1. The Morgan fingerprint density at radius 3 is 2.22 bits per heavy atom. The molecule has 0 saturated heterocycles. The third kappa shape index (κ3) is 10.1. The highest BCUT2D eigenvalue weighted by molar-refractivity contribution is 5.86. The van der Waals surface area contributed by atoms with Crippen LogP contribution in [0.3, 0.4) is 0 Å². The fraction of sp³-hybridized carbons (Fsp3) is 0.786. The summed E-state index contributed by atoms with van der Waals surface area (Å²) in [6.45, 7) is 14.1. The molecule has 1 aliphatic carbocycles. The Morgan fingerprint density at radius 2 is 1.70 bits per heavy atom. The van der Waals surface area contributed by atoms with Crippen molar-refractivity contribution in [1.82, 2.24) is 0 Å². The van der Waals surface area contributed by atoms with Gasteiger partial charge in [0.05, 0.1) is 36.1 Å². The van der Waals surface area contributed by atoms with Gasteiger partial charge in [-0.05, 0) is 78.6 Å².